The second kappa shape index (κ2) is 10.3. The fourth-order valence-electron chi connectivity index (χ4n) is 7.17. The molecule has 228 valence electrons. The number of carbonyl (C=O) groups is 2. The summed E-state index contributed by atoms with van der Waals surface area (Å²) in [6.07, 6.45) is 8.11. The van der Waals surface area contributed by atoms with E-state index in [2.05, 4.69) is 20.0 Å². The molecule has 3 heterocycles. The number of aromatic nitrogens is 3. The van der Waals surface area contributed by atoms with Gasteiger partial charge in [0.25, 0.3) is 5.91 Å². The van der Waals surface area contributed by atoms with E-state index in [1.54, 1.807) is 6.20 Å². The molecule has 11 heteroatoms. The Balaban J connectivity index is 1.13. The molecule has 3 fully saturated rings. The largest absolute Gasteiger partial charge is 0.496 e. The van der Waals surface area contributed by atoms with Crippen molar-refractivity contribution in [2.24, 2.45) is 5.41 Å². The lowest BCUT2D eigenvalue weighted by Gasteiger charge is -2.40. The molecular formula is C33H35FN6O4. The molecule has 1 aliphatic heterocycles. The Morgan fingerprint density at radius 2 is 1.86 bits per heavy atom. The van der Waals surface area contributed by atoms with Crippen molar-refractivity contribution in [3.8, 4) is 17.0 Å². The van der Waals surface area contributed by atoms with Crippen molar-refractivity contribution in [2.75, 3.05) is 26.1 Å². The molecule has 2 bridgehead atoms. The first-order chi connectivity index (χ1) is 21.1. The van der Waals surface area contributed by atoms with E-state index in [4.69, 9.17) is 20.2 Å². The van der Waals surface area contributed by atoms with Crippen molar-refractivity contribution in [2.45, 2.75) is 56.5 Å². The van der Waals surface area contributed by atoms with Gasteiger partial charge in [-0.2, -0.15) is 0 Å². The standard InChI is InChI=1S/C33H35FN6O4/c1-31(18-44-19-31)30(42)39-33-11-9-32(17-33,10-12-33)29-38-25(26-27(35)36-13-14-40(26)29)21-5-3-20(4-6-21)16-37-28(41)23-15-22(34)7-8-24(23)43-2/h3-8,13-15H,9-12,16-19H2,1-2H3,(H2,35,36)(H,37,41)(H,39,42). The minimum atomic E-state index is -0.510. The monoisotopic (exact) mass is 598 g/mol. The SMILES string of the molecule is COc1ccc(F)cc1C(=O)NCc1ccc(-c2nc(C34CCC(NC(=O)C5(C)COC5)(CC3)C4)n3ccnc(N)c23)cc1. The lowest BCUT2D eigenvalue weighted by Crippen LogP contribution is -2.57. The zero-order valence-corrected chi connectivity index (χ0v) is 24.8. The summed E-state index contributed by atoms with van der Waals surface area (Å²) in [5.41, 5.74) is 8.95. The summed E-state index contributed by atoms with van der Waals surface area (Å²) in [5, 5.41) is 6.25. The van der Waals surface area contributed by atoms with Gasteiger partial charge in [-0.25, -0.2) is 14.4 Å². The number of rotatable bonds is 8. The molecule has 2 saturated carbocycles. The molecule has 2 aromatic heterocycles. The van der Waals surface area contributed by atoms with Gasteiger partial charge in [0.1, 0.15) is 34.4 Å². The van der Waals surface area contributed by atoms with E-state index in [-0.39, 0.29) is 29.0 Å². The van der Waals surface area contributed by atoms with Gasteiger partial charge in [-0.05, 0) is 62.8 Å². The second-order valence-corrected chi connectivity index (χ2v) is 12.8. The maximum atomic E-state index is 13.8. The number of ether oxygens (including phenoxy) is 2. The van der Waals surface area contributed by atoms with Crippen molar-refractivity contribution >= 4 is 23.1 Å². The maximum Gasteiger partial charge on any atom is 0.255 e. The summed E-state index contributed by atoms with van der Waals surface area (Å²) < 4.78 is 26.4. The summed E-state index contributed by atoms with van der Waals surface area (Å²) >= 11 is 0. The normalized spacial score (nSPS) is 23.3. The Morgan fingerprint density at radius 3 is 2.55 bits per heavy atom. The van der Waals surface area contributed by atoms with E-state index in [0.29, 0.717) is 24.8 Å². The smallest absolute Gasteiger partial charge is 0.255 e. The van der Waals surface area contributed by atoms with Crippen LogP contribution in [-0.4, -0.2) is 52.0 Å². The molecule has 2 aliphatic carbocycles. The molecule has 0 radical (unpaired) electrons. The number of halogens is 1. The Kier molecular flexibility index (Phi) is 6.61. The third-order valence-electron chi connectivity index (χ3n) is 9.75. The third-order valence-corrected chi connectivity index (χ3v) is 9.75. The van der Waals surface area contributed by atoms with Crippen molar-refractivity contribution in [1.29, 1.82) is 0 Å². The fraction of sp³-hybridized carbons (Fsp3) is 0.394. The highest BCUT2D eigenvalue weighted by Gasteiger charge is 2.58. The molecule has 4 N–H and O–H groups in total. The maximum absolute atomic E-state index is 13.8. The summed E-state index contributed by atoms with van der Waals surface area (Å²) in [6.45, 7) is 3.14. The van der Waals surface area contributed by atoms with Crippen LogP contribution >= 0.6 is 0 Å². The zero-order valence-electron chi connectivity index (χ0n) is 24.8. The minimum Gasteiger partial charge on any atom is -0.496 e. The van der Waals surface area contributed by atoms with Crippen molar-refractivity contribution in [1.82, 2.24) is 25.0 Å². The van der Waals surface area contributed by atoms with Gasteiger partial charge in [-0.1, -0.05) is 24.3 Å². The molecule has 0 unspecified atom stereocenters. The van der Waals surface area contributed by atoms with Crippen LogP contribution in [0.25, 0.3) is 16.8 Å². The summed E-state index contributed by atoms with van der Waals surface area (Å²) in [6, 6.07) is 11.6. The highest BCUT2D eigenvalue weighted by atomic mass is 19.1. The number of hydrogen-bond acceptors (Lipinski definition) is 7. The molecule has 0 spiro atoms. The first-order valence-electron chi connectivity index (χ1n) is 14.9. The number of methoxy groups -OCH3 is 1. The van der Waals surface area contributed by atoms with Gasteiger partial charge in [0.15, 0.2) is 0 Å². The lowest BCUT2D eigenvalue weighted by molar-refractivity contribution is -0.159. The molecule has 7 rings (SSSR count). The van der Waals surface area contributed by atoms with E-state index < -0.39 is 17.1 Å². The van der Waals surface area contributed by atoms with Crippen LogP contribution in [0.4, 0.5) is 10.2 Å². The van der Waals surface area contributed by atoms with Crippen LogP contribution in [-0.2, 0) is 21.5 Å². The van der Waals surface area contributed by atoms with Gasteiger partial charge in [0.05, 0.1) is 31.3 Å². The first-order valence-corrected chi connectivity index (χ1v) is 14.9. The Bertz CT molecular complexity index is 1770. The van der Waals surface area contributed by atoms with E-state index in [1.165, 1.54) is 19.2 Å². The Hall–Kier alpha value is -4.51. The minimum absolute atomic E-state index is 0.0786. The lowest BCUT2D eigenvalue weighted by atomic mass is 9.82. The molecule has 0 atom stereocenters. The van der Waals surface area contributed by atoms with Crippen LogP contribution in [0.3, 0.4) is 0 Å². The molecule has 3 aliphatic rings. The van der Waals surface area contributed by atoms with Gasteiger partial charge < -0.3 is 25.8 Å². The van der Waals surface area contributed by atoms with E-state index >= 15 is 0 Å². The Labute approximate surface area is 254 Å². The number of imidazole rings is 1. The number of nitrogens with zero attached hydrogens (tertiary/aromatic N) is 3. The van der Waals surface area contributed by atoms with Crippen molar-refractivity contribution in [3.05, 3.63) is 77.6 Å². The number of nitrogen functional groups attached to an aromatic ring is 1. The quantitative estimate of drug-likeness (QED) is 0.277. The van der Waals surface area contributed by atoms with E-state index in [9.17, 15) is 14.0 Å². The number of amides is 2. The zero-order chi connectivity index (χ0) is 30.7. The summed E-state index contributed by atoms with van der Waals surface area (Å²) in [7, 11) is 1.44. The topological polar surface area (TPSA) is 133 Å². The highest BCUT2D eigenvalue weighted by Crippen LogP contribution is 2.58. The molecule has 2 amide bonds. The average molecular weight is 599 g/mol. The van der Waals surface area contributed by atoms with Gasteiger partial charge in [0, 0.05) is 35.5 Å². The summed E-state index contributed by atoms with van der Waals surface area (Å²) in [4.78, 5) is 35.4. The number of fused-ring (bicyclic) bond motifs is 3. The van der Waals surface area contributed by atoms with Crippen molar-refractivity contribution < 1.29 is 23.5 Å². The van der Waals surface area contributed by atoms with Gasteiger partial charge in [0.2, 0.25) is 5.91 Å². The molecule has 1 saturated heterocycles. The predicted molar refractivity (Wildman–Crippen MR) is 162 cm³/mol. The number of benzene rings is 2. The van der Waals surface area contributed by atoms with Crippen LogP contribution in [0.2, 0.25) is 0 Å². The number of carbonyl (C=O) groups excluding carboxylic acids is 2. The molecule has 4 aromatic rings. The predicted octanol–water partition coefficient (Wildman–Crippen LogP) is 4.16. The van der Waals surface area contributed by atoms with Crippen molar-refractivity contribution in [3.63, 3.8) is 0 Å². The van der Waals surface area contributed by atoms with Crippen LogP contribution in [0, 0.1) is 11.2 Å². The van der Waals surface area contributed by atoms with Gasteiger partial charge >= 0.3 is 0 Å². The summed E-state index contributed by atoms with van der Waals surface area (Å²) in [5.74, 6) is 0.789. The first kappa shape index (κ1) is 28.3. The molecule has 44 heavy (non-hydrogen) atoms. The van der Waals surface area contributed by atoms with Crippen LogP contribution in [0.5, 0.6) is 5.75 Å². The average Bonchev–Trinajstić information content (AvgIpc) is 3.70. The Morgan fingerprint density at radius 1 is 1.11 bits per heavy atom. The van der Waals surface area contributed by atoms with Crippen LogP contribution < -0.4 is 21.1 Å². The number of nitrogens with one attached hydrogen (secondary N) is 2. The van der Waals surface area contributed by atoms with Gasteiger partial charge in [-0.3, -0.25) is 14.0 Å². The highest BCUT2D eigenvalue weighted by molar-refractivity contribution is 5.97. The third kappa shape index (κ3) is 4.57. The number of nitrogens with two attached hydrogens (primary N) is 1. The van der Waals surface area contributed by atoms with Crippen LogP contribution in [0.15, 0.2) is 54.9 Å². The van der Waals surface area contributed by atoms with E-state index in [1.807, 2.05) is 37.4 Å². The molecule has 10 nitrogen and oxygen atoms in total. The van der Waals surface area contributed by atoms with Gasteiger partial charge in [-0.15, -0.1) is 0 Å². The molecule has 2 aromatic carbocycles. The number of anilines is 1. The van der Waals surface area contributed by atoms with E-state index in [0.717, 1.165) is 66.3 Å². The molecular weight excluding hydrogens is 563 g/mol. The fourth-order valence-corrected chi connectivity index (χ4v) is 7.17. The second-order valence-electron chi connectivity index (χ2n) is 12.8. The van der Waals surface area contributed by atoms with Crippen LogP contribution in [0.1, 0.15) is 60.8 Å². The number of hydrogen-bond donors (Lipinski definition) is 3.